The lowest BCUT2D eigenvalue weighted by molar-refractivity contribution is -0.123. The van der Waals surface area contributed by atoms with E-state index in [-0.39, 0.29) is 22.1 Å². The second-order valence-electron chi connectivity index (χ2n) is 8.81. The Hall–Kier alpha value is -3.48. The van der Waals surface area contributed by atoms with Crippen molar-refractivity contribution < 1.29 is 18.8 Å². The van der Waals surface area contributed by atoms with E-state index in [9.17, 15) is 18.8 Å². The maximum absolute atomic E-state index is 13.9. The Labute approximate surface area is 210 Å². The van der Waals surface area contributed by atoms with Crippen LogP contribution in [0.3, 0.4) is 0 Å². The number of halogens is 3. The lowest BCUT2D eigenvalue weighted by Crippen LogP contribution is -2.44. The number of anilines is 1. The lowest BCUT2D eigenvalue weighted by Gasteiger charge is -2.35. The zero-order chi connectivity index (χ0) is 24.4. The second-order valence-corrected chi connectivity index (χ2v) is 9.65. The summed E-state index contributed by atoms with van der Waals surface area (Å²) in [6, 6.07) is 15.9. The summed E-state index contributed by atoms with van der Waals surface area (Å²) in [6.07, 6.45) is 3.66. The molecule has 2 fully saturated rings. The minimum Gasteiger partial charge on any atom is -0.358 e. The summed E-state index contributed by atoms with van der Waals surface area (Å²) in [7, 11) is 0. The molecule has 2 amide bonds. The van der Waals surface area contributed by atoms with E-state index in [1.54, 1.807) is 12.3 Å². The summed E-state index contributed by atoms with van der Waals surface area (Å²) in [5.74, 6) is -3.47. The summed E-state index contributed by atoms with van der Waals surface area (Å²) in [5, 5.41) is 0.561. The highest BCUT2D eigenvalue weighted by molar-refractivity contribution is 6.37. The van der Waals surface area contributed by atoms with Crippen LogP contribution in [-0.2, 0) is 9.59 Å². The van der Waals surface area contributed by atoms with Crippen molar-refractivity contribution in [3.8, 4) is 0 Å². The minimum absolute atomic E-state index is 0.177. The van der Waals surface area contributed by atoms with Gasteiger partial charge in [-0.15, -0.1) is 0 Å². The molecule has 0 N–H and O–H groups in total. The molecule has 0 spiro atoms. The number of carbonyl (C=O) groups is 3. The Morgan fingerprint density at radius 2 is 1.60 bits per heavy atom. The van der Waals surface area contributed by atoms with E-state index < -0.39 is 41.6 Å². The smallest absolute Gasteiger partial charge is 0.240 e. The van der Waals surface area contributed by atoms with Crippen molar-refractivity contribution in [1.82, 2.24) is 4.90 Å². The van der Waals surface area contributed by atoms with Gasteiger partial charge in [-0.3, -0.25) is 14.4 Å². The SMILES string of the molecule is O=C(c1ccc(Cl)cc1Cl)[C@H]1[C@H]2C(=O)N(c3ccc(F)cc3)C(=O)[C@@H]2[C@@H]2c3ccccc3C=CN12. The van der Waals surface area contributed by atoms with E-state index in [0.717, 1.165) is 16.0 Å². The van der Waals surface area contributed by atoms with Crippen molar-refractivity contribution in [2.24, 2.45) is 11.8 Å². The van der Waals surface area contributed by atoms with Gasteiger partial charge < -0.3 is 4.90 Å². The van der Waals surface area contributed by atoms with Crippen LogP contribution in [0.25, 0.3) is 6.08 Å². The van der Waals surface area contributed by atoms with Crippen LogP contribution in [-0.4, -0.2) is 28.5 Å². The topological polar surface area (TPSA) is 57.7 Å². The van der Waals surface area contributed by atoms with Gasteiger partial charge in [-0.1, -0.05) is 47.5 Å². The van der Waals surface area contributed by atoms with Crippen LogP contribution in [0.1, 0.15) is 27.5 Å². The molecule has 4 atom stereocenters. The Kier molecular flexibility index (Phi) is 5.06. The van der Waals surface area contributed by atoms with Crippen LogP contribution in [0, 0.1) is 17.7 Å². The first-order valence-corrected chi connectivity index (χ1v) is 11.8. The quantitative estimate of drug-likeness (QED) is 0.346. The maximum Gasteiger partial charge on any atom is 0.240 e. The molecule has 35 heavy (non-hydrogen) atoms. The first-order chi connectivity index (χ1) is 16.9. The van der Waals surface area contributed by atoms with E-state index in [1.165, 1.54) is 36.4 Å². The number of hydrogen-bond donors (Lipinski definition) is 0. The minimum atomic E-state index is -0.949. The maximum atomic E-state index is 13.9. The van der Waals surface area contributed by atoms with Crippen molar-refractivity contribution in [1.29, 1.82) is 0 Å². The van der Waals surface area contributed by atoms with Crippen LogP contribution in [0.5, 0.6) is 0 Å². The third-order valence-electron chi connectivity index (χ3n) is 7.01. The number of fused-ring (bicyclic) bond motifs is 5. The first kappa shape index (κ1) is 22.0. The molecule has 0 unspecified atom stereocenters. The van der Waals surface area contributed by atoms with Gasteiger partial charge in [-0.25, -0.2) is 9.29 Å². The molecule has 6 rings (SSSR count). The van der Waals surface area contributed by atoms with Gasteiger partial charge >= 0.3 is 0 Å². The van der Waals surface area contributed by atoms with Crippen LogP contribution >= 0.6 is 23.2 Å². The molecular formula is C27H17Cl2FN2O3. The molecule has 0 radical (unpaired) electrons. The monoisotopic (exact) mass is 506 g/mol. The van der Waals surface area contributed by atoms with Crippen molar-refractivity contribution in [3.05, 3.63) is 105 Å². The zero-order valence-corrected chi connectivity index (χ0v) is 19.6. The highest BCUT2D eigenvalue weighted by Gasteiger charge is 2.64. The van der Waals surface area contributed by atoms with E-state index in [1.807, 2.05) is 35.2 Å². The second kappa shape index (κ2) is 8.04. The fourth-order valence-corrected chi connectivity index (χ4v) is 6.05. The Morgan fingerprint density at radius 1 is 0.886 bits per heavy atom. The molecule has 3 aromatic carbocycles. The predicted octanol–water partition coefficient (Wildman–Crippen LogP) is 5.53. The summed E-state index contributed by atoms with van der Waals surface area (Å²) < 4.78 is 13.5. The predicted molar refractivity (Wildman–Crippen MR) is 131 cm³/mol. The average molecular weight is 507 g/mol. The molecule has 3 aromatic rings. The molecule has 3 aliphatic heterocycles. The van der Waals surface area contributed by atoms with E-state index in [0.29, 0.717) is 5.02 Å². The summed E-state index contributed by atoms with van der Waals surface area (Å²) in [5.41, 5.74) is 2.29. The van der Waals surface area contributed by atoms with Gasteiger partial charge in [0.1, 0.15) is 11.9 Å². The third-order valence-corrected chi connectivity index (χ3v) is 7.56. The van der Waals surface area contributed by atoms with Crippen LogP contribution in [0.4, 0.5) is 10.1 Å². The molecule has 2 saturated heterocycles. The largest absolute Gasteiger partial charge is 0.358 e. The van der Waals surface area contributed by atoms with Crippen LogP contribution in [0.15, 0.2) is 72.9 Å². The number of Topliss-reactive ketones (excluding diaryl/α,β-unsaturated/α-hetero) is 1. The van der Waals surface area contributed by atoms with Gasteiger partial charge in [0.15, 0.2) is 5.78 Å². The number of ketones is 1. The van der Waals surface area contributed by atoms with E-state index in [2.05, 4.69) is 0 Å². The lowest BCUT2D eigenvalue weighted by atomic mass is 9.83. The van der Waals surface area contributed by atoms with Gasteiger partial charge in [0.25, 0.3) is 0 Å². The van der Waals surface area contributed by atoms with Gasteiger partial charge in [0, 0.05) is 16.8 Å². The molecule has 3 aliphatic rings. The molecule has 0 bridgehead atoms. The van der Waals surface area contributed by atoms with Crippen LogP contribution in [0.2, 0.25) is 10.0 Å². The number of imide groups is 1. The molecule has 3 heterocycles. The van der Waals surface area contributed by atoms with Crippen molar-refractivity contribution in [3.63, 3.8) is 0 Å². The highest BCUT2D eigenvalue weighted by Crippen LogP contribution is 2.53. The summed E-state index contributed by atoms with van der Waals surface area (Å²) >= 11 is 12.4. The van der Waals surface area contributed by atoms with E-state index >= 15 is 0 Å². The number of carbonyl (C=O) groups excluding carboxylic acids is 3. The summed E-state index contributed by atoms with van der Waals surface area (Å²) in [4.78, 5) is 44.3. The molecule has 8 heteroatoms. The van der Waals surface area contributed by atoms with Gasteiger partial charge in [-0.05, 0) is 59.7 Å². The Bertz CT molecular complexity index is 1440. The molecule has 174 valence electrons. The Balaban J connectivity index is 1.50. The van der Waals surface area contributed by atoms with Gasteiger partial charge in [0.2, 0.25) is 11.8 Å². The highest BCUT2D eigenvalue weighted by atomic mass is 35.5. The van der Waals surface area contributed by atoms with Crippen LogP contribution < -0.4 is 4.90 Å². The van der Waals surface area contributed by atoms with E-state index in [4.69, 9.17) is 23.2 Å². The third kappa shape index (κ3) is 3.24. The first-order valence-electron chi connectivity index (χ1n) is 11.0. The number of benzene rings is 3. The molecule has 0 aromatic heterocycles. The average Bonchev–Trinajstić information content (AvgIpc) is 3.32. The molecule has 5 nitrogen and oxygen atoms in total. The summed E-state index contributed by atoms with van der Waals surface area (Å²) in [6.45, 7) is 0. The van der Waals surface area contributed by atoms with Gasteiger partial charge in [-0.2, -0.15) is 0 Å². The number of rotatable bonds is 3. The number of hydrogen-bond acceptors (Lipinski definition) is 4. The Morgan fingerprint density at radius 3 is 2.34 bits per heavy atom. The normalized spacial score (nSPS) is 24.4. The molecule has 0 aliphatic carbocycles. The van der Waals surface area contributed by atoms with Gasteiger partial charge in [0.05, 0.1) is 28.6 Å². The van der Waals surface area contributed by atoms with Crippen molar-refractivity contribution in [2.75, 3.05) is 4.90 Å². The number of amides is 2. The fraction of sp³-hybridized carbons (Fsp3) is 0.148. The fourth-order valence-electron chi connectivity index (χ4n) is 5.55. The van der Waals surface area contributed by atoms with Crippen molar-refractivity contribution in [2.45, 2.75) is 12.1 Å². The standard InChI is InChI=1S/C27H17Cl2FN2O3/c28-15-5-10-19(20(29)13-15)25(33)24-22-21(23-18-4-2-1-3-14(18)11-12-31(23)24)26(34)32(27(22)35)17-8-6-16(30)7-9-17/h1-13,21-24H/t21-,22-,23-,24+/m0/s1. The van der Waals surface area contributed by atoms with Crippen molar-refractivity contribution >= 4 is 52.6 Å². The number of nitrogens with zero attached hydrogens (tertiary/aromatic N) is 2. The molecule has 0 saturated carbocycles. The molecular weight excluding hydrogens is 490 g/mol. The zero-order valence-electron chi connectivity index (χ0n) is 18.1.